The lowest BCUT2D eigenvalue weighted by molar-refractivity contribution is 0.138. The smallest absolute Gasteiger partial charge is 0.225 e. The number of thiophene rings is 1. The molecule has 0 spiro atoms. The fraction of sp³-hybridized carbons (Fsp3) is 0.538. The Balaban J connectivity index is 2.29. The summed E-state index contributed by atoms with van der Waals surface area (Å²) in [5, 5.41) is 17.1. The Hall–Kier alpha value is -1.40. The first-order valence-corrected chi connectivity index (χ1v) is 7.20. The molecule has 104 valence electrons. The van der Waals surface area contributed by atoms with E-state index in [1.54, 1.807) is 18.4 Å². The van der Waals surface area contributed by atoms with Crippen LogP contribution < -0.4 is 10.6 Å². The minimum absolute atomic E-state index is 0.220. The fourth-order valence-electron chi connectivity index (χ4n) is 1.73. The van der Waals surface area contributed by atoms with Gasteiger partial charge in [-0.15, -0.1) is 11.3 Å². The van der Waals surface area contributed by atoms with E-state index in [1.807, 2.05) is 13.8 Å². The Morgan fingerprint density at radius 3 is 2.74 bits per heavy atom. The number of nitrogens with zero attached hydrogens (tertiary/aromatic N) is 2. The van der Waals surface area contributed by atoms with Gasteiger partial charge < -0.3 is 15.7 Å². The van der Waals surface area contributed by atoms with Crippen LogP contribution >= 0.6 is 11.3 Å². The lowest BCUT2D eigenvalue weighted by Crippen LogP contribution is -2.25. The second kappa shape index (κ2) is 5.71. The highest BCUT2D eigenvalue weighted by molar-refractivity contribution is 7.18. The van der Waals surface area contributed by atoms with Gasteiger partial charge in [-0.05, 0) is 18.9 Å². The molecule has 0 saturated heterocycles. The monoisotopic (exact) mass is 280 g/mol. The van der Waals surface area contributed by atoms with Crippen molar-refractivity contribution in [2.75, 3.05) is 24.2 Å². The Labute approximate surface area is 117 Å². The summed E-state index contributed by atoms with van der Waals surface area (Å²) >= 11 is 1.64. The van der Waals surface area contributed by atoms with Crippen molar-refractivity contribution < 1.29 is 5.11 Å². The predicted molar refractivity (Wildman–Crippen MR) is 81.0 cm³/mol. The highest BCUT2D eigenvalue weighted by Crippen LogP contribution is 2.29. The van der Waals surface area contributed by atoms with E-state index in [9.17, 15) is 5.11 Å². The molecule has 2 aromatic heterocycles. The van der Waals surface area contributed by atoms with E-state index >= 15 is 0 Å². The Morgan fingerprint density at radius 1 is 1.37 bits per heavy atom. The van der Waals surface area contributed by atoms with Crippen molar-refractivity contribution >= 4 is 33.3 Å². The van der Waals surface area contributed by atoms with Gasteiger partial charge in [-0.25, -0.2) is 4.98 Å². The molecule has 0 aliphatic heterocycles. The lowest BCUT2D eigenvalue weighted by Gasteiger charge is -2.16. The van der Waals surface area contributed by atoms with E-state index < -0.39 is 0 Å². The van der Waals surface area contributed by atoms with Crippen LogP contribution in [0, 0.1) is 12.8 Å². The largest absolute Gasteiger partial charge is 0.391 e. The summed E-state index contributed by atoms with van der Waals surface area (Å²) in [4.78, 5) is 11.0. The summed E-state index contributed by atoms with van der Waals surface area (Å²) in [6, 6.07) is 2.07. The number of hydrogen-bond acceptors (Lipinski definition) is 6. The number of aliphatic hydroxyl groups is 1. The summed E-state index contributed by atoms with van der Waals surface area (Å²) in [5.41, 5.74) is 0. The third-order valence-corrected chi connectivity index (χ3v) is 3.93. The summed E-state index contributed by atoms with van der Waals surface area (Å²) in [6.07, 6.45) is -0.386. The van der Waals surface area contributed by atoms with E-state index in [0.717, 1.165) is 16.0 Å². The summed E-state index contributed by atoms with van der Waals surface area (Å²) in [7, 11) is 1.80. The predicted octanol–water partition coefficient (Wildman–Crippen LogP) is 2.47. The van der Waals surface area contributed by atoms with E-state index in [2.05, 4.69) is 33.6 Å². The molecule has 0 amide bonds. The molecule has 1 unspecified atom stereocenters. The molecular formula is C13H20N4OS. The van der Waals surface area contributed by atoms with Crippen molar-refractivity contribution in [3.05, 3.63) is 10.9 Å². The minimum Gasteiger partial charge on any atom is -0.391 e. The molecule has 3 N–H and O–H groups in total. The van der Waals surface area contributed by atoms with Gasteiger partial charge in [-0.1, -0.05) is 13.8 Å². The van der Waals surface area contributed by atoms with E-state index in [1.165, 1.54) is 4.88 Å². The maximum Gasteiger partial charge on any atom is 0.225 e. The quantitative estimate of drug-likeness (QED) is 0.785. The maximum absolute atomic E-state index is 9.87. The Kier molecular flexibility index (Phi) is 4.21. The van der Waals surface area contributed by atoms with Gasteiger partial charge in [0.25, 0.3) is 0 Å². The third-order valence-electron chi connectivity index (χ3n) is 2.99. The van der Waals surface area contributed by atoms with Crippen molar-refractivity contribution in [1.82, 2.24) is 9.97 Å². The average molecular weight is 280 g/mol. The maximum atomic E-state index is 9.87. The zero-order valence-electron chi connectivity index (χ0n) is 11.7. The van der Waals surface area contributed by atoms with Gasteiger partial charge in [0.05, 0.1) is 11.5 Å². The van der Waals surface area contributed by atoms with Gasteiger partial charge in [0.2, 0.25) is 5.95 Å². The van der Waals surface area contributed by atoms with Crippen molar-refractivity contribution in [1.29, 1.82) is 0 Å². The van der Waals surface area contributed by atoms with Crippen LogP contribution in [0.3, 0.4) is 0 Å². The molecular weight excluding hydrogens is 260 g/mol. The van der Waals surface area contributed by atoms with Gasteiger partial charge in [0, 0.05) is 18.5 Å². The lowest BCUT2D eigenvalue weighted by atomic mass is 10.1. The summed E-state index contributed by atoms with van der Waals surface area (Å²) in [5.74, 6) is 1.59. The Bertz CT molecular complexity index is 567. The number of nitrogens with one attached hydrogen (secondary N) is 2. The van der Waals surface area contributed by atoms with E-state index in [0.29, 0.717) is 12.5 Å². The van der Waals surface area contributed by atoms with Crippen molar-refractivity contribution in [2.24, 2.45) is 5.92 Å². The zero-order chi connectivity index (χ0) is 14.0. The molecule has 2 heterocycles. The minimum atomic E-state index is -0.386. The highest BCUT2D eigenvalue weighted by atomic mass is 32.1. The number of aromatic nitrogens is 2. The average Bonchev–Trinajstić information content (AvgIpc) is 2.75. The standard InChI is InChI=1S/C13H20N4OS/c1-7(2)10(18)6-15-11-9-5-8(3)19-12(9)17-13(14-4)16-11/h5,7,10,18H,6H2,1-4H3,(H2,14,15,16,17). The van der Waals surface area contributed by atoms with Gasteiger partial charge >= 0.3 is 0 Å². The summed E-state index contributed by atoms with van der Waals surface area (Å²) in [6.45, 7) is 6.53. The number of hydrogen-bond donors (Lipinski definition) is 3. The second-order valence-electron chi connectivity index (χ2n) is 4.91. The van der Waals surface area contributed by atoms with Crippen LogP contribution in [0.25, 0.3) is 10.2 Å². The first-order chi connectivity index (χ1) is 9.01. The van der Waals surface area contributed by atoms with Crippen molar-refractivity contribution in [2.45, 2.75) is 26.9 Å². The first kappa shape index (κ1) is 14.0. The molecule has 0 bridgehead atoms. The van der Waals surface area contributed by atoms with Crippen LogP contribution in [-0.2, 0) is 0 Å². The van der Waals surface area contributed by atoms with Crippen LogP contribution in [0.2, 0.25) is 0 Å². The number of aliphatic hydroxyl groups excluding tert-OH is 1. The van der Waals surface area contributed by atoms with Crippen LogP contribution in [0.1, 0.15) is 18.7 Å². The topological polar surface area (TPSA) is 70.1 Å². The molecule has 6 heteroatoms. The van der Waals surface area contributed by atoms with Crippen LogP contribution in [0.15, 0.2) is 6.07 Å². The fourth-order valence-corrected chi connectivity index (χ4v) is 2.60. The third kappa shape index (κ3) is 3.13. The molecule has 1 atom stereocenters. The molecule has 0 aliphatic carbocycles. The molecule has 0 radical (unpaired) electrons. The molecule has 0 aromatic carbocycles. The van der Waals surface area contributed by atoms with Gasteiger partial charge in [-0.3, -0.25) is 0 Å². The van der Waals surface area contributed by atoms with Crippen LogP contribution in [0.4, 0.5) is 11.8 Å². The van der Waals surface area contributed by atoms with Crippen molar-refractivity contribution in [3.63, 3.8) is 0 Å². The summed E-state index contributed by atoms with van der Waals surface area (Å²) < 4.78 is 0. The second-order valence-corrected chi connectivity index (χ2v) is 6.15. The van der Waals surface area contributed by atoms with E-state index in [-0.39, 0.29) is 12.0 Å². The molecule has 2 rings (SSSR count). The molecule has 5 nitrogen and oxygen atoms in total. The van der Waals surface area contributed by atoms with Gasteiger partial charge in [0.15, 0.2) is 0 Å². The van der Waals surface area contributed by atoms with Gasteiger partial charge in [-0.2, -0.15) is 4.98 Å². The Morgan fingerprint density at radius 2 is 2.11 bits per heavy atom. The van der Waals surface area contributed by atoms with Gasteiger partial charge in [0.1, 0.15) is 10.6 Å². The normalized spacial score (nSPS) is 12.9. The zero-order valence-corrected chi connectivity index (χ0v) is 12.5. The molecule has 2 aromatic rings. The SMILES string of the molecule is CNc1nc(NCC(O)C(C)C)c2cc(C)sc2n1. The number of fused-ring (bicyclic) bond motifs is 1. The number of aryl methyl sites for hydroxylation is 1. The first-order valence-electron chi connectivity index (χ1n) is 6.39. The van der Waals surface area contributed by atoms with Crippen LogP contribution in [-0.4, -0.2) is 34.8 Å². The molecule has 0 saturated carbocycles. The number of rotatable bonds is 5. The molecule has 0 fully saturated rings. The van der Waals surface area contributed by atoms with Crippen molar-refractivity contribution in [3.8, 4) is 0 Å². The number of anilines is 2. The van der Waals surface area contributed by atoms with E-state index in [4.69, 9.17) is 0 Å². The molecule has 0 aliphatic rings. The highest BCUT2D eigenvalue weighted by Gasteiger charge is 2.13. The molecule has 19 heavy (non-hydrogen) atoms. The van der Waals surface area contributed by atoms with Crippen LogP contribution in [0.5, 0.6) is 0 Å².